The highest BCUT2D eigenvalue weighted by atomic mass is 16.3. The van der Waals surface area contributed by atoms with Crippen molar-refractivity contribution < 1.29 is 14.0 Å². The molecule has 2 rings (SSSR count). The third-order valence-electron chi connectivity index (χ3n) is 2.80. The van der Waals surface area contributed by atoms with Gasteiger partial charge >= 0.3 is 0 Å². The Labute approximate surface area is 117 Å². The number of furan rings is 1. The van der Waals surface area contributed by atoms with Crippen LogP contribution < -0.4 is 10.6 Å². The van der Waals surface area contributed by atoms with Gasteiger partial charge in [0.05, 0.1) is 6.26 Å². The van der Waals surface area contributed by atoms with E-state index in [0.29, 0.717) is 12.3 Å². The van der Waals surface area contributed by atoms with Gasteiger partial charge < -0.3 is 15.1 Å². The van der Waals surface area contributed by atoms with E-state index >= 15 is 0 Å². The molecule has 1 aromatic carbocycles. The van der Waals surface area contributed by atoms with Crippen LogP contribution in [0.1, 0.15) is 28.6 Å². The molecule has 1 heterocycles. The number of hydrogen-bond donors (Lipinski definition) is 2. The van der Waals surface area contributed by atoms with Crippen LogP contribution >= 0.6 is 0 Å². The van der Waals surface area contributed by atoms with Crippen LogP contribution in [0.4, 0.5) is 5.69 Å². The Hall–Kier alpha value is -2.56. The first-order valence-corrected chi connectivity index (χ1v) is 6.25. The van der Waals surface area contributed by atoms with Gasteiger partial charge in [-0.05, 0) is 30.7 Å². The van der Waals surface area contributed by atoms with Crippen molar-refractivity contribution in [3.63, 3.8) is 0 Å². The molecular formula is C15H16N2O3. The van der Waals surface area contributed by atoms with Gasteiger partial charge in [0.2, 0.25) is 5.91 Å². The summed E-state index contributed by atoms with van der Waals surface area (Å²) in [6.07, 6.45) is 1.49. The Kier molecular flexibility index (Phi) is 4.20. The highest BCUT2D eigenvalue weighted by Crippen LogP contribution is 2.11. The molecule has 20 heavy (non-hydrogen) atoms. The zero-order valence-electron chi connectivity index (χ0n) is 11.4. The van der Waals surface area contributed by atoms with E-state index in [1.54, 1.807) is 18.2 Å². The molecule has 0 aliphatic carbocycles. The zero-order valence-corrected chi connectivity index (χ0v) is 11.4. The predicted octanol–water partition coefficient (Wildman–Crippen LogP) is 2.48. The normalized spacial score (nSPS) is 10.1. The van der Waals surface area contributed by atoms with E-state index < -0.39 is 0 Å². The van der Waals surface area contributed by atoms with Gasteiger partial charge in [-0.25, -0.2) is 0 Å². The molecule has 0 spiro atoms. The summed E-state index contributed by atoms with van der Waals surface area (Å²) in [5.74, 6) is -0.0161. The zero-order chi connectivity index (χ0) is 14.5. The minimum Gasteiger partial charge on any atom is -0.459 e. The number of rotatable bonds is 4. The van der Waals surface area contributed by atoms with Crippen molar-refractivity contribution in [1.82, 2.24) is 5.32 Å². The lowest BCUT2D eigenvalue weighted by Crippen LogP contribution is -2.22. The van der Waals surface area contributed by atoms with E-state index in [1.807, 2.05) is 19.1 Å². The number of hydrogen-bond acceptors (Lipinski definition) is 3. The Morgan fingerprint density at radius 2 is 1.85 bits per heavy atom. The summed E-state index contributed by atoms with van der Waals surface area (Å²) >= 11 is 0. The number of carbonyl (C=O) groups excluding carboxylic acids is 2. The highest BCUT2D eigenvalue weighted by molar-refractivity contribution is 5.92. The first-order chi connectivity index (χ1) is 9.56. The van der Waals surface area contributed by atoms with Crippen molar-refractivity contribution in [1.29, 1.82) is 0 Å². The minimum atomic E-state index is -0.238. The maximum absolute atomic E-state index is 11.9. The second-order valence-corrected chi connectivity index (χ2v) is 4.49. The van der Waals surface area contributed by atoms with Gasteiger partial charge in [0, 0.05) is 24.7 Å². The van der Waals surface area contributed by atoms with Crippen LogP contribution in [0.3, 0.4) is 0 Å². The van der Waals surface area contributed by atoms with Crippen LogP contribution in [0.25, 0.3) is 0 Å². The van der Waals surface area contributed by atoms with Crippen molar-refractivity contribution in [3.05, 3.63) is 53.5 Å². The molecule has 5 nitrogen and oxygen atoms in total. The molecule has 5 heteroatoms. The fourth-order valence-corrected chi connectivity index (χ4v) is 1.78. The van der Waals surface area contributed by atoms with Gasteiger partial charge in [0.15, 0.2) is 5.76 Å². The van der Waals surface area contributed by atoms with Gasteiger partial charge in [-0.2, -0.15) is 0 Å². The molecule has 0 aliphatic heterocycles. The molecular weight excluding hydrogens is 256 g/mol. The van der Waals surface area contributed by atoms with E-state index in [4.69, 9.17) is 4.42 Å². The molecule has 1 aromatic heterocycles. The van der Waals surface area contributed by atoms with Crippen LogP contribution in [0.15, 0.2) is 41.0 Å². The third kappa shape index (κ3) is 3.47. The maximum atomic E-state index is 11.9. The van der Waals surface area contributed by atoms with Crippen molar-refractivity contribution >= 4 is 17.5 Å². The molecule has 0 bridgehead atoms. The number of aryl methyl sites for hydroxylation is 1. The highest BCUT2D eigenvalue weighted by Gasteiger charge is 2.11. The fourth-order valence-electron chi connectivity index (χ4n) is 1.78. The predicted molar refractivity (Wildman–Crippen MR) is 75.4 cm³/mol. The van der Waals surface area contributed by atoms with Crippen LogP contribution in [0.2, 0.25) is 0 Å². The summed E-state index contributed by atoms with van der Waals surface area (Å²) in [7, 11) is 0. The molecule has 0 fully saturated rings. The number of nitrogens with one attached hydrogen (secondary N) is 2. The van der Waals surface area contributed by atoms with Crippen LogP contribution in [-0.4, -0.2) is 11.8 Å². The fraction of sp³-hybridized carbons (Fsp3) is 0.200. The van der Waals surface area contributed by atoms with Crippen molar-refractivity contribution in [2.24, 2.45) is 0 Å². The molecule has 0 aliphatic rings. The lowest BCUT2D eigenvalue weighted by atomic mass is 10.2. The van der Waals surface area contributed by atoms with Gasteiger partial charge in [0.25, 0.3) is 5.91 Å². The van der Waals surface area contributed by atoms with Crippen molar-refractivity contribution in [2.45, 2.75) is 20.4 Å². The first kappa shape index (κ1) is 13.9. The van der Waals surface area contributed by atoms with E-state index in [-0.39, 0.29) is 11.8 Å². The Morgan fingerprint density at radius 1 is 1.15 bits per heavy atom. The summed E-state index contributed by atoms with van der Waals surface area (Å²) in [5.41, 5.74) is 2.48. The molecule has 0 saturated carbocycles. The largest absolute Gasteiger partial charge is 0.459 e. The SMILES string of the molecule is CC(=O)Nc1ccc(CNC(=O)c2occc2C)cc1. The van der Waals surface area contributed by atoms with Crippen LogP contribution in [0, 0.1) is 6.92 Å². The number of amides is 2. The second-order valence-electron chi connectivity index (χ2n) is 4.49. The van der Waals surface area contributed by atoms with Gasteiger partial charge in [-0.15, -0.1) is 0 Å². The summed E-state index contributed by atoms with van der Waals surface area (Å²) in [5, 5.41) is 5.47. The third-order valence-corrected chi connectivity index (χ3v) is 2.80. The Morgan fingerprint density at radius 3 is 2.40 bits per heavy atom. The molecule has 2 amide bonds. The smallest absolute Gasteiger partial charge is 0.287 e. The van der Waals surface area contributed by atoms with Crippen molar-refractivity contribution in [3.8, 4) is 0 Å². The molecule has 2 aromatic rings. The lowest BCUT2D eigenvalue weighted by molar-refractivity contribution is -0.114. The van der Waals surface area contributed by atoms with E-state index in [2.05, 4.69) is 10.6 Å². The van der Waals surface area contributed by atoms with E-state index in [0.717, 1.165) is 16.8 Å². The standard InChI is InChI=1S/C15H16N2O3/c1-10-7-8-20-14(10)15(19)16-9-12-3-5-13(6-4-12)17-11(2)18/h3-8H,9H2,1-2H3,(H,16,19)(H,17,18). The average molecular weight is 272 g/mol. The molecule has 0 unspecified atom stereocenters. The van der Waals surface area contributed by atoms with Crippen LogP contribution in [-0.2, 0) is 11.3 Å². The molecule has 0 atom stereocenters. The summed E-state index contributed by atoms with van der Waals surface area (Å²) < 4.78 is 5.12. The summed E-state index contributed by atoms with van der Waals surface area (Å²) in [6.45, 7) is 3.68. The molecule has 104 valence electrons. The monoisotopic (exact) mass is 272 g/mol. The number of anilines is 1. The number of carbonyl (C=O) groups is 2. The van der Waals surface area contributed by atoms with E-state index in [9.17, 15) is 9.59 Å². The Bertz CT molecular complexity index is 614. The van der Waals surface area contributed by atoms with Gasteiger partial charge in [-0.1, -0.05) is 12.1 Å². The molecule has 0 radical (unpaired) electrons. The van der Waals surface area contributed by atoms with Gasteiger partial charge in [0.1, 0.15) is 0 Å². The van der Waals surface area contributed by atoms with Crippen molar-refractivity contribution in [2.75, 3.05) is 5.32 Å². The van der Waals surface area contributed by atoms with Crippen LogP contribution in [0.5, 0.6) is 0 Å². The van der Waals surface area contributed by atoms with E-state index in [1.165, 1.54) is 13.2 Å². The summed E-state index contributed by atoms with van der Waals surface area (Å²) in [6, 6.07) is 9.03. The topological polar surface area (TPSA) is 71.3 Å². The first-order valence-electron chi connectivity index (χ1n) is 6.25. The lowest BCUT2D eigenvalue weighted by Gasteiger charge is -2.06. The summed E-state index contributed by atoms with van der Waals surface area (Å²) in [4.78, 5) is 22.7. The minimum absolute atomic E-state index is 0.112. The molecule has 2 N–H and O–H groups in total. The van der Waals surface area contributed by atoms with Gasteiger partial charge in [-0.3, -0.25) is 9.59 Å². The maximum Gasteiger partial charge on any atom is 0.287 e. The Balaban J connectivity index is 1.93. The number of benzene rings is 1. The second kappa shape index (κ2) is 6.06. The average Bonchev–Trinajstić information content (AvgIpc) is 2.83. The quantitative estimate of drug-likeness (QED) is 0.898. The molecule has 0 saturated heterocycles.